The molecule has 0 atom stereocenters. The summed E-state index contributed by atoms with van der Waals surface area (Å²) in [6, 6.07) is 23.0. The molecule has 8 heteroatoms. The number of hydrogen-bond donors (Lipinski definition) is 3. The van der Waals surface area contributed by atoms with Gasteiger partial charge < -0.3 is 10.1 Å². The van der Waals surface area contributed by atoms with E-state index in [1.807, 2.05) is 36.4 Å². The van der Waals surface area contributed by atoms with Gasteiger partial charge in [-0.3, -0.25) is 10.9 Å². The number of aromatic nitrogens is 2. The van der Waals surface area contributed by atoms with E-state index in [0.717, 1.165) is 16.9 Å². The molecular formula is C23H19ClFN5O. The molecule has 3 aromatic carbocycles. The first kappa shape index (κ1) is 20.4. The van der Waals surface area contributed by atoms with Gasteiger partial charge in [0.15, 0.2) is 0 Å². The molecule has 0 spiro atoms. The minimum absolute atomic E-state index is 0.222. The summed E-state index contributed by atoms with van der Waals surface area (Å²) in [6.45, 7) is 0.222. The highest BCUT2D eigenvalue weighted by Gasteiger charge is 2.06. The predicted molar refractivity (Wildman–Crippen MR) is 121 cm³/mol. The van der Waals surface area contributed by atoms with Crippen LogP contribution in [0.3, 0.4) is 0 Å². The first-order valence-corrected chi connectivity index (χ1v) is 9.86. The molecule has 3 N–H and O–H groups in total. The second-order valence-electron chi connectivity index (χ2n) is 6.59. The fourth-order valence-electron chi connectivity index (χ4n) is 2.78. The molecule has 0 unspecified atom stereocenters. The number of benzene rings is 3. The predicted octanol–water partition coefficient (Wildman–Crippen LogP) is 6.03. The normalized spacial score (nSPS) is 10.4. The molecule has 0 fully saturated rings. The minimum Gasteiger partial charge on any atom is -0.487 e. The third-order valence-corrected chi connectivity index (χ3v) is 4.56. The standard InChI is InChI=1S/C23H19ClFN5O/c24-20-12-19(9-10-21(20)31-14-16-5-4-6-17(25)11-16)28-22-13-23(27-15-26-22)30-29-18-7-2-1-3-8-18/h1-13,15,29H,14H2,(H2,26,27,28,30). The summed E-state index contributed by atoms with van der Waals surface area (Å²) in [5.41, 5.74) is 8.48. The van der Waals surface area contributed by atoms with Crippen LogP contribution in [0.4, 0.5) is 27.4 Å². The van der Waals surface area contributed by atoms with Crippen LogP contribution in [-0.4, -0.2) is 9.97 Å². The Bertz CT molecular complexity index is 1160. The molecule has 1 heterocycles. The Labute approximate surface area is 184 Å². The van der Waals surface area contributed by atoms with Crippen molar-refractivity contribution in [1.82, 2.24) is 9.97 Å². The van der Waals surface area contributed by atoms with E-state index in [9.17, 15) is 4.39 Å². The van der Waals surface area contributed by atoms with Crippen LogP contribution in [0.2, 0.25) is 5.02 Å². The smallest absolute Gasteiger partial charge is 0.149 e. The van der Waals surface area contributed by atoms with E-state index in [4.69, 9.17) is 16.3 Å². The lowest BCUT2D eigenvalue weighted by molar-refractivity contribution is 0.306. The SMILES string of the molecule is Fc1cccc(COc2ccc(Nc3cc(NNc4ccccc4)ncn3)cc2Cl)c1. The zero-order chi connectivity index (χ0) is 21.5. The van der Waals surface area contributed by atoms with E-state index in [1.165, 1.54) is 18.5 Å². The van der Waals surface area contributed by atoms with Crippen LogP contribution in [-0.2, 0) is 6.61 Å². The average molecular weight is 436 g/mol. The lowest BCUT2D eigenvalue weighted by Crippen LogP contribution is -2.10. The van der Waals surface area contributed by atoms with Gasteiger partial charge in [-0.05, 0) is 48.0 Å². The van der Waals surface area contributed by atoms with Crippen molar-refractivity contribution in [3.63, 3.8) is 0 Å². The topological polar surface area (TPSA) is 71.1 Å². The number of hydrazine groups is 1. The Morgan fingerprint density at radius 1 is 0.806 bits per heavy atom. The largest absolute Gasteiger partial charge is 0.487 e. The number of anilines is 4. The maximum Gasteiger partial charge on any atom is 0.149 e. The van der Waals surface area contributed by atoms with Crippen LogP contribution in [0.5, 0.6) is 5.75 Å². The van der Waals surface area contributed by atoms with Gasteiger partial charge in [-0.2, -0.15) is 0 Å². The zero-order valence-corrected chi connectivity index (χ0v) is 17.1. The summed E-state index contributed by atoms with van der Waals surface area (Å²) < 4.78 is 19.0. The monoisotopic (exact) mass is 435 g/mol. The lowest BCUT2D eigenvalue weighted by Gasteiger charge is -2.12. The summed E-state index contributed by atoms with van der Waals surface area (Å²) >= 11 is 6.35. The quantitative estimate of drug-likeness (QED) is 0.293. The van der Waals surface area contributed by atoms with E-state index < -0.39 is 0 Å². The number of ether oxygens (including phenoxy) is 1. The van der Waals surface area contributed by atoms with Crippen molar-refractivity contribution in [2.45, 2.75) is 6.61 Å². The van der Waals surface area contributed by atoms with Crippen LogP contribution in [0.1, 0.15) is 5.56 Å². The van der Waals surface area contributed by atoms with Gasteiger partial charge in [-0.15, -0.1) is 0 Å². The number of halogens is 2. The van der Waals surface area contributed by atoms with Gasteiger partial charge in [0.05, 0.1) is 10.7 Å². The second kappa shape index (κ2) is 9.77. The minimum atomic E-state index is -0.301. The number of nitrogens with one attached hydrogen (secondary N) is 3. The molecule has 0 amide bonds. The van der Waals surface area contributed by atoms with Gasteiger partial charge in [0.1, 0.15) is 36.1 Å². The van der Waals surface area contributed by atoms with Crippen LogP contribution in [0.15, 0.2) is 85.2 Å². The average Bonchev–Trinajstić information content (AvgIpc) is 2.78. The van der Waals surface area contributed by atoms with E-state index in [-0.39, 0.29) is 12.4 Å². The zero-order valence-electron chi connectivity index (χ0n) is 16.3. The third-order valence-electron chi connectivity index (χ3n) is 4.26. The van der Waals surface area contributed by atoms with Gasteiger partial charge in [0.25, 0.3) is 0 Å². The van der Waals surface area contributed by atoms with Crippen molar-refractivity contribution in [2.75, 3.05) is 16.2 Å². The highest BCUT2D eigenvalue weighted by molar-refractivity contribution is 6.32. The molecule has 0 aliphatic carbocycles. The number of para-hydroxylation sites is 1. The van der Waals surface area contributed by atoms with Gasteiger partial charge >= 0.3 is 0 Å². The lowest BCUT2D eigenvalue weighted by atomic mass is 10.2. The van der Waals surface area contributed by atoms with Crippen molar-refractivity contribution in [2.24, 2.45) is 0 Å². The van der Waals surface area contributed by atoms with E-state index in [2.05, 4.69) is 26.1 Å². The third kappa shape index (κ3) is 5.83. The van der Waals surface area contributed by atoms with Crippen LogP contribution in [0, 0.1) is 5.82 Å². The van der Waals surface area contributed by atoms with Crippen molar-refractivity contribution >= 4 is 34.6 Å². The Kier molecular flexibility index (Phi) is 6.44. The summed E-state index contributed by atoms with van der Waals surface area (Å²) in [7, 11) is 0. The Morgan fingerprint density at radius 3 is 2.45 bits per heavy atom. The van der Waals surface area contributed by atoms with Gasteiger partial charge in [0.2, 0.25) is 0 Å². The molecule has 4 rings (SSSR count). The number of rotatable bonds is 8. The molecule has 6 nitrogen and oxygen atoms in total. The summed E-state index contributed by atoms with van der Waals surface area (Å²) in [6.07, 6.45) is 1.45. The van der Waals surface area contributed by atoms with Crippen LogP contribution >= 0.6 is 11.6 Å². The van der Waals surface area contributed by atoms with E-state index >= 15 is 0 Å². The summed E-state index contributed by atoms with van der Waals surface area (Å²) in [5.74, 6) is 1.40. The van der Waals surface area contributed by atoms with Crippen LogP contribution in [0.25, 0.3) is 0 Å². The molecular weight excluding hydrogens is 417 g/mol. The van der Waals surface area contributed by atoms with Gasteiger partial charge in [-0.25, -0.2) is 14.4 Å². The molecule has 156 valence electrons. The molecule has 31 heavy (non-hydrogen) atoms. The number of nitrogens with zero attached hydrogens (tertiary/aromatic N) is 2. The van der Waals surface area contributed by atoms with Crippen molar-refractivity contribution < 1.29 is 9.13 Å². The van der Waals surface area contributed by atoms with Crippen LogP contribution < -0.4 is 20.9 Å². The number of hydrogen-bond acceptors (Lipinski definition) is 6. The maximum absolute atomic E-state index is 13.3. The molecule has 0 aliphatic rings. The fourth-order valence-corrected chi connectivity index (χ4v) is 3.02. The second-order valence-corrected chi connectivity index (χ2v) is 7.00. The Balaban J connectivity index is 1.37. The molecule has 0 bridgehead atoms. The summed E-state index contributed by atoms with van der Waals surface area (Å²) in [4.78, 5) is 8.42. The van der Waals surface area contributed by atoms with Crippen molar-refractivity contribution in [1.29, 1.82) is 0 Å². The molecule has 0 saturated heterocycles. The molecule has 4 aromatic rings. The Hall–Kier alpha value is -3.84. The first-order valence-electron chi connectivity index (χ1n) is 9.49. The molecule has 0 aliphatic heterocycles. The van der Waals surface area contributed by atoms with E-state index in [1.54, 1.807) is 30.3 Å². The Morgan fingerprint density at radius 2 is 1.65 bits per heavy atom. The molecule has 0 radical (unpaired) electrons. The van der Waals surface area contributed by atoms with Crippen molar-refractivity contribution in [3.05, 3.63) is 102 Å². The maximum atomic E-state index is 13.3. The summed E-state index contributed by atoms with van der Waals surface area (Å²) in [5, 5.41) is 3.61. The highest BCUT2D eigenvalue weighted by Crippen LogP contribution is 2.29. The molecule has 0 saturated carbocycles. The van der Waals surface area contributed by atoms with Crippen molar-refractivity contribution in [3.8, 4) is 5.75 Å². The fraction of sp³-hybridized carbons (Fsp3) is 0.0435. The highest BCUT2D eigenvalue weighted by atomic mass is 35.5. The van der Waals surface area contributed by atoms with Gasteiger partial charge in [-0.1, -0.05) is 41.9 Å². The molecule has 1 aromatic heterocycles. The first-order chi connectivity index (χ1) is 15.2. The van der Waals surface area contributed by atoms with Gasteiger partial charge in [0, 0.05) is 11.8 Å². The van der Waals surface area contributed by atoms with E-state index in [0.29, 0.717) is 22.4 Å².